The first-order chi connectivity index (χ1) is 19.0. The number of benzene rings is 1. The summed E-state index contributed by atoms with van der Waals surface area (Å²) in [5.74, 6) is -0.618. The maximum Gasteiger partial charge on any atom is 0.341 e. The predicted octanol–water partition coefficient (Wildman–Crippen LogP) is 6.55. The first kappa shape index (κ1) is 27.4. The molecule has 1 N–H and O–H groups in total. The van der Waals surface area contributed by atoms with Crippen LogP contribution in [0.1, 0.15) is 47.0 Å². The van der Waals surface area contributed by atoms with E-state index in [2.05, 4.69) is 11.9 Å². The Balaban J connectivity index is 1.40. The van der Waals surface area contributed by atoms with Crippen LogP contribution in [0.25, 0.3) is 21.3 Å². The van der Waals surface area contributed by atoms with Crippen molar-refractivity contribution in [3.63, 3.8) is 0 Å². The normalized spacial score (nSPS) is 13.1. The van der Waals surface area contributed by atoms with Gasteiger partial charge < -0.3 is 10.1 Å². The SMILES string of the molecule is C=CCn1c(SCC(=O)Nc2sc3c(c2C(=O)OCC)CCCCC3)nc2scc(-c3ccccc3)c2c1=O. The number of rotatable bonds is 9. The van der Waals surface area contributed by atoms with Gasteiger partial charge in [0.05, 0.1) is 23.3 Å². The van der Waals surface area contributed by atoms with Gasteiger partial charge in [0, 0.05) is 22.4 Å². The lowest BCUT2D eigenvalue weighted by atomic mass is 10.1. The minimum Gasteiger partial charge on any atom is -0.462 e. The molecule has 7 nitrogen and oxygen atoms in total. The Morgan fingerprint density at radius 3 is 2.77 bits per heavy atom. The van der Waals surface area contributed by atoms with E-state index in [-0.39, 0.29) is 30.4 Å². The van der Waals surface area contributed by atoms with Crippen LogP contribution >= 0.6 is 34.4 Å². The molecule has 0 saturated carbocycles. The molecule has 5 rings (SSSR count). The van der Waals surface area contributed by atoms with E-state index in [4.69, 9.17) is 9.72 Å². The van der Waals surface area contributed by atoms with Crippen LogP contribution in [0.2, 0.25) is 0 Å². The van der Waals surface area contributed by atoms with Crippen molar-refractivity contribution < 1.29 is 14.3 Å². The lowest BCUT2D eigenvalue weighted by molar-refractivity contribution is -0.113. The van der Waals surface area contributed by atoms with Crippen molar-refractivity contribution in [1.29, 1.82) is 0 Å². The topological polar surface area (TPSA) is 90.3 Å². The summed E-state index contributed by atoms with van der Waals surface area (Å²) in [6.45, 7) is 6.13. The second kappa shape index (κ2) is 12.3. The third-order valence-corrected chi connectivity index (χ3v) is 9.60. The van der Waals surface area contributed by atoms with Crippen molar-refractivity contribution in [1.82, 2.24) is 9.55 Å². The van der Waals surface area contributed by atoms with E-state index in [1.54, 1.807) is 17.6 Å². The lowest BCUT2D eigenvalue weighted by Crippen LogP contribution is -2.23. The monoisotopic (exact) mass is 579 g/mol. The largest absolute Gasteiger partial charge is 0.462 e. The molecule has 0 atom stereocenters. The number of carbonyl (C=O) groups excluding carboxylic acids is 2. The minimum atomic E-state index is -0.390. The maximum absolute atomic E-state index is 13.6. The molecule has 0 bridgehead atoms. The third kappa shape index (κ3) is 5.73. The number of nitrogens with zero attached hydrogens (tertiary/aromatic N) is 2. The number of ether oxygens (including phenoxy) is 1. The van der Waals surface area contributed by atoms with Crippen molar-refractivity contribution in [3.05, 3.63) is 74.7 Å². The Kier molecular flexibility index (Phi) is 8.64. The molecule has 0 unspecified atom stereocenters. The van der Waals surface area contributed by atoms with Crippen LogP contribution in [0.5, 0.6) is 0 Å². The summed E-state index contributed by atoms with van der Waals surface area (Å²) in [6, 6.07) is 9.77. The number of hydrogen-bond donors (Lipinski definition) is 1. The Hall–Kier alpha value is -3.21. The molecule has 4 aromatic rings. The number of aryl methyl sites for hydroxylation is 1. The summed E-state index contributed by atoms with van der Waals surface area (Å²) in [4.78, 5) is 46.0. The quantitative estimate of drug-likeness (QED) is 0.0795. The van der Waals surface area contributed by atoms with E-state index < -0.39 is 5.97 Å². The van der Waals surface area contributed by atoms with E-state index in [1.807, 2.05) is 35.7 Å². The molecule has 3 heterocycles. The zero-order valence-electron chi connectivity index (χ0n) is 21.7. The zero-order valence-corrected chi connectivity index (χ0v) is 24.1. The molecular weight excluding hydrogens is 551 g/mol. The Morgan fingerprint density at radius 2 is 2.00 bits per heavy atom. The van der Waals surface area contributed by atoms with Gasteiger partial charge in [-0.2, -0.15) is 0 Å². The first-order valence-electron chi connectivity index (χ1n) is 12.9. The van der Waals surface area contributed by atoms with Crippen LogP contribution in [-0.4, -0.2) is 33.8 Å². The Labute approximate surface area is 238 Å². The number of thiophene rings is 2. The molecular formula is C29H29N3O4S3. The number of allylic oxidation sites excluding steroid dienone is 1. The number of nitrogens with one attached hydrogen (secondary N) is 1. The molecule has 0 aliphatic heterocycles. The molecule has 0 fully saturated rings. The number of carbonyl (C=O) groups is 2. The van der Waals surface area contributed by atoms with E-state index in [0.717, 1.165) is 53.7 Å². The number of thioether (sulfide) groups is 1. The summed E-state index contributed by atoms with van der Waals surface area (Å²) in [6.07, 6.45) is 6.58. The van der Waals surface area contributed by atoms with Gasteiger partial charge in [-0.3, -0.25) is 14.2 Å². The number of hydrogen-bond acceptors (Lipinski definition) is 8. The second-order valence-corrected chi connectivity index (χ2v) is 12.0. The van der Waals surface area contributed by atoms with Gasteiger partial charge in [0.15, 0.2) is 5.16 Å². The summed E-state index contributed by atoms with van der Waals surface area (Å²) in [5, 5.41) is 6.47. The molecule has 1 aromatic carbocycles. The molecule has 1 aliphatic rings. The van der Waals surface area contributed by atoms with Crippen molar-refractivity contribution in [2.24, 2.45) is 0 Å². The number of esters is 1. The van der Waals surface area contributed by atoms with Gasteiger partial charge in [0.25, 0.3) is 5.56 Å². The number of anilines is 1. The van der Waals surface area contributed by atoms with Gasteiger partial charge in [0.1, 0.15) is 9.83 Å². The fraction of sp³-hybridized carbons (Fsp3) is 0.310. The average Bonchev–Trinajstić information content (AvgIpc) is 3.43. The van der Waals surface area contributed by atoms with Crippen LogP contribution in [0.15, 0.2) is 58.3 Å². The first-order valence-corrected chi connectivity index (χ1v) is 15.6. The smallest absolute Gasteiger partial charge is 0.341 e. The van der Waals surface area contributed by atoms with Gasteiger partial charge in [-0.05, 0) is 43.7 Å². The van der Waals surface area contributed by atoms with Crippen LogP contribution < -0.4 is 10.9 Å². The average molecular weight is 580 g/mol. The Morgan fingerprint density at radius 1 is 1.21 bits per heavy atom. The highest BCUT2D eigenvalue weighted by atomic mass is 32.2. The highest BCUT2D eigenvalue weighted by molar-refractivity contribution is 7.99. The van der Waals surface area contributed by atoms with Crippen LogP contribution in [0.4, 0.5) is 5.00 Å². The highest BCUT2D eigenvalue weighted by Gasteiger charge is 2.27. The van der Waals surface area contributed by atoms with Gasteiger partial charge in [-0.1, -0.05) is 54.6 Å². The summed E-state index contributed by atoms with van der Waals surface area (Å²) in [7, 11) is 0. The highest BCUT2D eigenvalue weighted by Crippen LogP contribution is 2.38. The van der Waals surface area contributed by atoms with E-state index in [9.17, 15) is 14.4 Å². The summed E-state index contributed by atoms with van der Waals surface area (Å²) >= 11 is 4.08. The molecule has 39 heavy (non-hydrogen) atoms. The van der Waals surface area contributed by atoms with E-state index in [1.165, 1.54) is 34.4 Å². The number of fused-ring (bicyclic) bond motifs is 2. The van der Waals surface area contributed by atoms with Crippen molar-refractivity contribution in [3.8, 4) is 11.1 Å². The molecule has 202 valence electrons. The number of aromatic nitrogens is 2. The standard InChI is InChI=1S/C29H29N3O4S3/c1-3-15-32-27(34)23-20(18-11-7-5-8-12-18)16-37-25(23)31-29(32)38-17-22(33)30-26-24(28(35)36-4-2)19-13-9-6-10-14-21(19)39-26/h3,5,7-8,11-12,16H,1,4,6,9-10,13-15,17H2,2H3,(H,30,33). The van der Waals surface area contributed by atoms with Crippen molar-refractivity contribution in [2.45, 2.75) is 50.7 Å². The summed E-state index contributed by atoms with van der Waals surface area (Å²) < 4.78 is 6.89. The number of amides is 1. The van der Waals surface area contributed by atoms with Gasteiger partial charge in [-0.15, -0.1) is 29.3 Å². The fourth-order valence-corrected chi connectivity index (χ4v) is 7.87. The van der Waals surface area contributed by atoms with Gasteiger partial charge in [0.2, 0.25) is 5.91 Å². The summed E-state index contributed by atoms with van der Waals surface area (Å²) in [5.41, 5.74) is 3.16. The molecule has 3 aromatic heterocycles. The molecule has 0 spiro atoms. The fourth-order valence-electron chi connectivity index (χ4n) is 4.78. The lowest BCUT2D eigenvalue weighted by Gasteiger charge is -2.11. The minimum absolute atomic E-state index is 0.0385. The molecule has 1 amide bonds. The third-order valence-electron chi connectivity index (χ3n) is 6.54. The van der Waals surface area contributed by atoms with Gasteiger partial charge in [-0.25, -0.2) is 9.78 Å². The molecule has 10 heteroatoms. The Bertz CT molecular complexity index is 1590. The zero-order chi connectivity index (χ0) is 27.4. The van der Waals surface area contributed by atoms with Crippen LogP contribution in [0.3, 0.4) is 0 Å². The predicted molar refractivity (Wildman–Crippen MR) is 160 cm³/mol. The molecule has 0 radical (unpaired) electrons. The van der Waals surface area contributed by atoms with Crippen molar-refractivity contribution in [2.75, 3.05) is 17.7 Å². The molecule has 0 saturated heterocycles. The van der Waals surface area contributed by atoms with Crippen LogP contribution in [-0.2, 0) is 28.9 Å². The van der Waals surface area contributed by atoms with E-state index >= 15 is 0 Å². The maximum atomic E-state index is 13.6. The van der Waals surface area contributed by atoms with Crippen LogP contribution in [0, 0.1) is 0 Å². The molecule has 1 aliphatic carbocycles. The van der Waals surface area contributed by atoms with Crippen molar-refractivity contribution >= 4 is 61.5 Å². The van der Waals surface area contributed by atoms with E-state index in [0.29, 0.717) is 25.9 Å². The van der Waals surface area contributed by atoms with Gasteiger partial charge >= 0.3 is 5.97 Å². The second-order valence-electron chi connectivity index (χ2n) is 9.12.